The number of anilines is 1. The number of hydrogen-bond donors (Lipinski definition) is 3. The lowest BCUT2D eigenvalue weighted by Crippen LogP contribution is -2.44. The number of aromatic nitrogens is 2. The molecule has 1 saturated carbocycles. The summed E-state index contributed by atoms with van der Waals surface area (Å²) in [6, 6.07) is 1.96. The normalized spacial score (nSPS) is 17.8. The summed E-state index contributed by atoms with van der Waals surface area (Å²) in [5.41, 5.74) is -0.380. The smallest absolute Gasteiger partial charge is 0.320 e. The van der Waals surface area contributed by atoms with Crippen LogP contribution in [0.25, 0.3) is 0 Å². The molecule has 1 aromatic heterocycles. The second kappa shape index (κ2) is 8.01. The molecular weight excluding hydrogens is 304 g/mol. The van der Waals surface area contributed by atoms with Crippen molar-refractivity contribution in [2.24, 2.45) is 11.3 Å². The number of urea groups is 1. The average molecular weight is 336 g/mol. The summed E-state index contributed by atoms with van der Waals surface area (Å²) in [5.74, 6) is 0.888. The van der Waals surface area contributed by atoms with Gasteiger partial charge < -0.3 is 10.4 Å². The van der Waals surface area contributed by atoms with Gasteiger partial charge in [-0.1, -0.05) is 47.0 Å². The molecule has 0 aliphatic heterocycles. The van der Waals surface area contributed by atoms with Crippen LogP contribution in [-0.2, 0) is 0 Å². The van der Waals surface area contributed by atoms with Crippen LogP contribution < -0.4 is 10.6 Å². The molecule has 6 nitrogen and oxygen atoms in total. The minimum absolute atomic E-state index is 0.151. The number of rotatable bonds is 6. The molecule has 1 aliphatic rings. The number of aliphatic hydroxyl groups excluding tert-OH is 1. The van der Waals surface area contributed by atoms with Crippen molar-refractivity contribution in [2.45, 2.75) is 71.9 Å². The molecule has 1 atom stereocenters. The Morgan fingerprint density at radius 1 is 1.38 bits per heavy atom. The van der Waals surface area contributed by atoms with Crippen LogP contribution in [0, 0.1) is 11.3 Å². The van der Waals surface area contributed by atoms with Crippen LogP contribution >= 0.6 is 0 Å². The summed E-state index contributed by atoms with van der Waals surface area (Å²) in [6.45, 7) is 8.30. The molecule has 0 bridgehead atoms. The van der Waals surface area contributed by atoms with E-state index >= 15 is 0 Å². The number of amides is 2. The summed E-state index contributed by atoms with van der Waals surface area (Å²) in [7, 11) is 0. The summed E-state index contributed by atoms with van der Waals surface area (Å²) in [4.78, 5) is 12.2. The lowest BCUT2D eigenvalue weighted by atomic mass is 9.81. The maximum atomic E-state index is 12.2. The largest absolute Gasteiger partial charge is 0.392 e. The summed E-state index contributed by atoms with van der Waals surface area (Å²) in [5, 5.41) is 20.4. The van der Waals surface area contributed by atoms with E-state index in [-0.39, 0.29) is 17.4 Å². The van der Waals surface area contributed by atoms with Gasteiger partial charge in [-0.25, -0.2) is 9.48 Å². The zero-order valence-electron chi connectivity index (χ0n) is 15.4. The first-order valence-corrected chi connectivity index (χ1v) is 9.07. The molecule has 1 aromatic rings. The molecule has 0 saturated heterocycles. The summed E-state index contributed by atoms with van der Waals surface area (Å²) < 4.78 is 1.94. The third kappa shape index (κ3) is 4.72. The van der Waals surface area contributed by atoms with Crippen molar-refractivity contribution in [3.05, 3.63) is 12.3 Å². The fourth-order valence-corrected chi connectivity index (χ4v) is 3.51. The van der Waals surface area contributed by atoms with Crippen LogP contribution in [0.1, 0.15) is 65.8 Å². The number of carbonyl (C=O) groups is 1. The molecule has 3 N–H and O–H groups in total. The van der Waals surface area contributed by atoms with Gasteiger partial charge in [-0.05, 0) is 18.8 Å². The molecule has 6 heteroatoms. The van der Waals surface area contributed by atoms with E-state index in [4.69, 9.17) is 0 Å². The molecule has 1 fully saturated rings. The highest BCUT2D eigenvalue weighted by atomic mass is 16.3. The fraction of sp³-hybridized carbons (Fsp3) is 0.778. The highest BCUT2D eigenvalue weighted by Crippen LogP contribution is 2.30. The van der Waals surface area contributed by atoms with E-state index < -0.39 is 6.10 Å². The summed E-state index contributed by atoms with van der Waals surface area (Å²) >= 11 is 0. The molecule has 24 heavy (non-hydrogen) atoms. The lowest BCUT2D eigenvalue weighted by Gasteiger charge is -2.33. The molecule has 1 heterocycles. The first-order valence-electron chi connectivity index (χ1n) is 9.07. The van der Waals surface area contributed by atoms with Crippen LogP contribution in [-0.4, -0.2) is 33.6 Å². The maximum absolute atomic E-state index is 12.2. The van der Waals surface area contributed by atoms with Crippen LogP contribution in [0.4, 0.5) is 10.6 Å². The molecule has 1 unspecified atom stereocenters. The van der Waals surface area contributed by atoms with Gasteiger partial charge in [0.15, 0.2) is 0 Å². The van der Waals surface area contributed by atoms with Gasteiger partial charge in [0, 0.05) is 18.0 Å². The Balaban J connectivity index is 1.90. The Kier molecular flexibility index (Phi) is 6.27. The van der Waals surface area contributed by atoms with Crippen molar-refractivity contribution in [3.63, 3.8) is 0 Å². The van der Waals surface area contributed by atoms with Gasteiger partial charge in [0.05, 0.1) is 18.3 Å². The topological polar surface area (TPSA) is 79.2 Å². The van der Waals surface area contributed by atoms with Crippen LogP contribution in [0.5, 0.6) is 0 Å². The highest BCUT2D eigenvalue weighted by molar-refractivity contribution is 5.88. The second-order valence-corrected chi connectivity index (χ2v) is 7.94. The molecule has 2 amide bonds. The van der Waals surface area contributed by atoms with E-state index in [2.05, 4.69) is 15.7 Å². The number of nitrogens with one attached hydrogen (secondary N) is 2. The van der Waals surface area contributed by atoms with Crippen LogP contribution in [0.3, 0.4) is 0 Å². The van der Waals surface area contributed by atoms with E-state index in [0.29, 0.717) is 12.6 Å². The zero-order chi connectivity index (χ0) is 17.7. The molecule has 2 rings (SSSR count). The minimum Gasteiger partial charge on any atom is -0.392 e. The van der Waals surface area contributed by atoms with Gasteiger partial charge in [0.2, 0.25) is 0 Å². The average Bonchev–Trinajstić information content (AvgIpc) is 3.01. The molecular formula is C18H32N4O2. The fourth-order valence-electron chi connectivity index (χ4n) is 3.51. The van der Waals surface area contributed by atoms with Gasteiger partial charge >= 0.3 is 6.03 Å². The van der Waals surface area contributed by atoms with Gasteiger partial charge in [0.25, 0.3) is 0 Å². The minimum atomic E-state index is -0.467. The third-order valence-corrected chi connectivity index (χ3v) is 4.97. The first-order chi connectivity index (χ1) is 11.3. The standard InChI is InChI=1S/C18H32N4O2/c1-13(2)16(23)18(3,4)12-19-17(24)21-15-10-11-20-22(15)14-8-6-5-7-9-14/h10-11,13-14,16,23H,5-9,12H2,1-4H3,(H2,19,21,24). The molecule has 0 aromatic carbocycles. The lowest BCUT2D eigenvalue weighted by molar-refractivity contribution is 0.0154. The Labute approximate surface area is 145 Å². The van der Waals surface area contributed by atoms with E-state index in [9.17, 15) is 9.90 Å². The predicted molar refractivity (Wildman–Crippen MR) is 96.0 cm³/mol. The van der Waals surface area contributed by atoms with Crippen LogP contribution in [0.2, 0.25) is 0 Å². The highest BCUT2D eigenvalue weighted by Gasteiger charge is 2.30. The van der Waals surface area contributed by atoms with Crippen molar-refractivity contribution < 1.29 is 9.90 Å². The predicted octanol–water partition coefficient (Wildman–Crippen LogP) is 3.55. The van der Waals surface area contributed by atoms with E-state index in [0.717, 1.165) is 18.7 Å². The molecule has 0 radical (unpaired) electrons. The number of aliphatic hydroxyl groups is 1. The molecule has 136 valence electrons. The Morgan fingerprint density at radius 3 is 2.67 bits per heavy atom. The van der Waals surface area contributed by atoms with E-state index in [1.165, 1.54) is 19.3 Å². The Morgan fingerprint density at radius 2 is 2.04 bits per heavy atom. The summed E-state index contributed by atoms with van der Waals surface area (Å²) in [6.07, 6.45) is 7.22. The number of carbonyl (C=O) groups excluding carboxylic acids is 1. The SMILES string of the molecule is CC(C)C(O)C(C)(C)CNC(=O)Nc1ccnn1C1CCCCC1. The zero-order valence-corrected chi connectivity index (χ0v) is 15.4. The number of hydrogen-bond acceptors (Lipinski definition) is 3. The number of nitrogens with zero attached hydrogens (tertiary/aromatic N) is 2. The van der Waals surface area contributed by atoms with Gasteiger partial charge in [-0.2, -0.15) is 5.10 Å². The van der Waals surface area contributed by atoms with E-state index in [1.807, 2.05) is 38.4 Å². The second-order valence-electron chi connectivity index (χ2n) is 7.94. The van der Waals surface area contributed by atoms with Crippen molar-refractivity contribution in [3.8, 4) is 0 Å². The Hall–Kier alpha value is -1.56. The van der Waals surface area contributed by atoms with E-state index in [1.54, 1.807) is 6.20 Å². The Bertz CT molecular complexity index is 533. The quantitative estimate of drug-likeness (QED) is 0.743. The van der Waals surface area contributed by atoms with Crippen molar-refractivity contribution in [2.75, 3.05) is 11.9 Å². The first kappa shape index (κ1) is 18.8. The van der Waals surface area contributed by atoms with Gasteiger partial charge in [-0.15, -0.1) is 0 Å². The molecule has 0 spiro atoms. The third-order valence-electron chi connectivity index (χ3n) is 4.97. The molecule has 1 aliphatic carbocycles. The van der Waals surface area contributed by atoms with Crippen molar-refractivity contribution >= 4 is 11.8 Å². The maximum Gasteiger partial charge on any atom is 0.320 e. The van der Waals surface area contributed by atoms with Crippen LogP contribution in [0.15, 0.2) is 12.3 Å². The van der Waals surface area contributed by atoms with Gasteiger partial charge in [-0.3, -0.25) is 5.32 Å². The van der Waals surface area contributed by atoms with Gasteiger partial charge in [0.1, 0.15) is 5.82 Å². The monoisotopic (exact) mass is 336 g/mol. The van der Waals surface area contributed by atoms with Crippen molar-refractivity contribution in [1.29, 1.82) is 0 Å². The van der Waals surface area contributed by atoms with Crippen molar-refractivity contribution in [1.82, 2.24) is 15.1 Å².